The van der Waals surface area contributed by atoms with Gasteiger partial charge < -0.3 is 10.5 Å². The van der Waals surface area contributed by atoms with Crippen LogP contribution in [0, 0.1) is 5.82 Å². The molecule has 3 nitrogen and oxygen atoms in total. The number of thiocarbonyl (C=S) groups is 1. The van der Waals surface area contributed by atoms with Gasteiger partial charge in [0.05, 0.1) is 12.7 Å². The van der Waals surface area contributed by atoms with Crippen molar-refractivity contribution in [2.24, 2.45) is 5.73 Å². The number of nitrogens with zero attached hydrogens (tertiary/aromatic N) is 1. The maximum absolute atomic E-state index is 13.8. The van der Waals surface area contributed by atoms with E-state index in [4.69, 9.17) is 22.7 Å². The van der Waals surface area contributed by atoms with Crippen LogP contribution in [0.3, 0.4) is 0 Å². The molecule has 1 saturated heterocycles. The molecule has 1 aliphatic heterocycles. The highest BCUT2D eigenvalue weighted by Crippen LogP contribution is 2.16. The Morgan fingerprint density at radius 3 is 3.05 bits per heavy atom. The van der Waals surface area contributed by atoms with Crippen LogP contribution in [-0.2, 0) is 11.3 Å². The molecule has 1 atom stereocenters. The zero-order valence-electron chi connectivity index (χ0n) is 11.1. The molecule has 5 heteroatoms. The maximum atomic E-state index is 13.8. The number of benzene rings is 1. The van der Waals surface area contributed by atoms with Gasteiger partial charge in [0.15, 0.2) is 0 Å². The first-order valence-corrected chi connectivity index (χ1v) is 6.93. The number of rotatable bonds is 4. The lowest BCUT2D eigenvalue weighted by Crippen LogP contribution is -2.41. The summed E-state index contributed by atoms with van der Waals surface area (Å²) in [6, 6.07) is 4.80. The average molecular weight is 282 g/mol. The summed E-state index contributed by atoms with van der Waals surface area (Å²) < 4.78 is 19.4. The van der Waals surface area contributed by atoms with E-state index in [-0.39, 0.29) is 11.9 Å². The van der Waals surface area contributed by atoms with E-state index < -0.39 is 0 Å². The van der Waals surface area contributed by atoms with Gasteiger partial charge in [0.2, 0.25) is 0 Å². The van der Waals surface area contributed by atoms with E-state index in [0.717, 1.165) is 19.5 Å². The molecule has 0 bridgehead atoms. The summed E-state index contributed by atoms with van der Waals surface area (Å²) in [4.78, 5) is 2.51. The van der Waals surface area contributed by atoms with E-state index in [1.807, 2.05) is 0 Å². The van der Waals surface area contributed by atoms with Gasteiger partial charge in [-0.2, -0.15) is 0 Å². The fraction of sp³-hybridized carbons (Fsp3) is 0.500. The second-order valence-electron chi connectivity index (χ2n) is 4.81. The second-order valence-corrected chi connectivity index (χ2v) is 5.25. The van der Waals surface area contributed by atoms with Gasteiger partial charge in [-0.25, -0.2) is 4.39 Å². The SMILES string of the molecule is CCC1CN(Cc2cc(C(N)=S)ccc2F)CCO1. The van der Waals surface area contributed by atoms with Crippen molar-refractivity contribution in [1.82, 2.24) is 4.90 Å². The average Bonchev–Trinajstić information content (AvgIpc) is 2.41. The van der Waals surface area contributed by atoms with Crippen LogP contribution in [-0.4, -0.2) is 35.7 Å². The van der Waals surface area contributed by atoms with Crippen molar-refractivity contribution in [3.8, 4) is 0 Å². The fourth-order valence-electron chi connectivity index (χ4n) is 2.26. The highest BCUT2D eigenvalue weighted by molar-refractivity contribution is 7.80. The molecule has 1 aromatic rings. The number of hydrogen-bond acceptors (Lipinski definition) is 3. The number of morpholine rings is 1. The summed E-state index contributed by atoms with van der Waals surface area (Å²) in [5.41, 5.74) is 6.94. The first-order chi connectivity index (χ1) is 9.10. The van der Waals surface area contributed by atoms with Crippen molar-refractivity contribution in [2.75, 3.05) is 19.7 Å². The van der Waals surface area contributed by atoms with Crippen molar-refractivity contribution < 1.29 is 9.13 Å². The van der Waals surface area contributed by atoms with E-state index in [2.05, 4.69) is 11.8 Å². The van der Waals surface area contributed by atoms with Crippen LogP contribution in [0.25, 0.3) is 0 Å². The van der Waals surface area contributed by atoms with Crippen LogP contribution >= 0.6 is 12.2 Å². The lowest BCUT2D eigenvalue weighted by molar-refractivity contribution is -0.0327. The molecule has 1 unspecified atom stereocenters. The molecule has 0 saturated carbocycles. The molecule has 0 aromatic heterocycles. The number of halogens is 1. The maximum Gasteiger partial charge on any atom is 0.127 e. The minimum Gasteiger partial charge on any atom is -0.389 e. The van der Waals surface area contributed by atoms with Gasteiger partial charge in [-0.15, -0.1) is 0 Å². The lowest BCUT2D eigenvalue weighted by atomic mass is 10.1. The molecule has 19 heavy (non-hydrogen) atoms. The smallest absolute Gasteiger partial charge is 0.127 e. The minimum absolute atomic E-state index is 0.209. The normalized spacial score (nSPS) is 20.4. The van der Waals surface area contributed by atoms with Gasteiger partial charge in [-0.1, -0.05) is 19.1 Å². The van der Waals surface area contributed by atoms with E-state index in [0.29, 0.717) is 29.3 Å². The molecule has 104 valence electrons. The van der Waals surface area contributed by atoms with Gasteiger partial charge in [0, 0.05) is 30.8 Å². The predicted octanol–water partition coefficient (Wildman–Crippen LogP) is 2.07. The number of nitrogens with two attached hydrogens (primary N) is 1. The summed E-state index contributed by atoms with van der Waals surface area (Å²) in [6.45, 7) is 5.04. The molecule has 0 aliphatic carbocycles. The van der Waals surface area contributed by atoms with Crippen LogP contribution in [0.1, 0.15) is 24.5 Å². The molecule has 1 fully saturated rings. The van der Waals surface area contributed by atoms with Crippen molar-refractivity contribution in [1.29, 1.82) is 0 Å². The molecule has 1 heterocycles. The Morgan fingerprint density at radius 1 is 1.58 bits per heavy atom. The Labute approximate surface area is 118 Å². The van der Waals surface area contributed by atoms with Crippen molar-refractivity contribution in [3.05, 3.63) is 35.1 Å². The molecule has 0 spiro atoms. The van der Waals surface area contributed by atoms with Crippen LogP contribution in [0.2, 0.25) is 0 Å². The molecule has 2 rings (SSSR count). The van der Waals surface area contributed by atoms with Crippen LogP contribution < -0.4 is 5.73 Å². The Bertz CT molecular complexity index is 467. The Kier molecular flexibility index (Phi) is 4.85. The highest BCUT2D eigenvalue weighted by Gasteiger charge is 2.20. The highest BCUT2D eigenvalue weighted by atomic mass is 32.1. The van der Waals surface area contributed by atoms with E-state index in [1.165, 1.54) is 6.07 Å². The van der Waals surface area contributed by atoms with Crippen LogP contribution in [0.15, 0.2) is 18.2 Å². The predicted molar refractivity (Wildman–Crippen MR) is 77.6 cm³/mol. The summed E-state index contributed by atoms with van der Waals surface area (Å²) >= 11 is 4.93. The molecule has 2 N–H and O–H groups in total. The molecule has 0 amide bonds. The Balaban J connectivity index is 2.09. The van der Waals surface area contributed by atoms with Crippen LogP contribution in [0.5, 0.6) is 0 Å². The summed E-state index contributed by atoms with van der Waals surface area (Å²) in [7, 11) is 0. The summed E-state index contributed by atoms with van der Waals surface area (Å²) in [5.74, 6) is -0.209. The van der Waals surface area contributed by atoms with Gasteiger partial charge in [0.25, 0.3) is 0 Å². The number of hydrogen-bond donors (Lipinski definition) is 1. The molecular formula is C14H19FN2OS. The zero-order chi connectivity index (χ0) is 13.8. The number of ether oxygens (including phenoxy) is 1. The third-order valence-electron chi connectivity index (χ3n) is 3.40. The second kappa shape index (κ2) is 6.41. The minimum atomic E-state index is -0.209. The third-order valence-corrected chi connectivity index (χ3v) is 3.64. The van der Waals surface area contributed by atoms with E-state index in [1.54, 1.807) is 12.1 Å². The standard InChI is InChI=1S/C14H19FN2OS/c1-2-12-9-17(5-6-18-12)8-11-7-10(14(16)19)3-4-13(11)15/h3-4,7,12H,2,5-6,8-9H2,1H3,(H2,16,19). The van der Waals surface area contributed by atoms with E-state index >= 15 is 0 Å². The molecule has 0 radical (unpaired) electrons. The van der Waals surface area contributed by atoms with Gasteiger partial charge in [-0.3, -0.25) is 4.90 Å². The monoisotopic (exact) mass is 282 g/mol. The van der Waals surface area contributed by atoms with Crippen molar-refractivity contribution in [3.63, 3.8) is 0 Å². The van der Waals surface area contributed by atoms with Gasteiger partial charge in [-0.05, 0) is 24.6 Å². The molecule has 1 aromatic carbocycles. The Morgan fingerprint density at radius 2 is 2.37 bits per heavy atom. The topological polar surface area (TPSA) is 38.5 Å². The quantitative estimate of drug-likeness (QED) is 0.858. The fourth-order valence-corrected chi connectivity index (χ4v) is 2.39. The van der Waals surface area contributed by atoms with Crippen molar-refractivity contribution >= 4 is 17.2 Å². The molecule has 1 aliphatic rings. The third kappa shape index (κ3) is 3.72. The van der Waals surface area contributed by atoms with Gasteiger partial charge in [0.1, 0.15) is 10.8 Å². The largest absolute Gasteiger partial charge is 0.389 e. The molecular weight excluding hydrogens is 263 g/mol. The van der Waals surface area contributed by atoms with Gasteiger partial charge >= 0.3 is 0 Å². The lowest BCUT2D eigenvalue weighted by Gasteiger charge is -2.32. The summed E-state index contributed by atoms with van der Waals surface area (Å²) in [5, 5.41) is 0. The Hall–Kier alpha value is -1.04. The summed E-state index contributed by atoms with van der Waals surface area (Å²) in [6.07, 6.45) is 1.22. The first-order valence-electron chi connectivity index (χ1n) is 6.52. The van der Waals surface area contributed by atoms with Crippen molar-refractivity contribution in [2.45, 2.75) is 26.0 Å². The first kappa shape index (κ1) is 14.4. The van der Waals surface area contributed by atoms with Crippen LogP contribution in [0.4, 0.5) is 4.39 Å². The zero-order valence-corrected chi connectivity index (χ0v) is 11.9. The van der Waals surface area contributed by atoms with E-state index in [9.17, 15) is 4.39 Å².